The molecule has 0 aromatic carbocycles. The fourth-order valence-electron chi connectivity index (χ4n) is 1.85. The van der Waals surface area contributed by atoms with Crippen molar-refractivity contribution < 1.29 is 9.53 Å². The Balaban J connectivity index is 4.17. The van der Waals surface area contributed by atoms with E-state index < -0.39 is 20.0 Å². The molecule has 1 N–H and O–H groups in total. The van der Waals surface area contributed by atoms with E-state index in [1.807, 2.05) is 0 Å². The molecular formula is C16H35N3O2Si. The number of aliphatic hydroxyl groups is 1. The molecule has 0 bridgehead atoms. The molecule has 0 saturated carbocycles. The molecule has 0 spiro atoms. The Labute approximate surface area is 137 Å². The Hall–Kier alpha value is -0.553. The summed E-state index contributed by atoms with van der Waals surface area (Å²) in [5.41, 5.74) is 7.78. The largest absolute Gasteiger partial charge is 0.417 e. The standard InChI is InChI=1S/C16H35N3O2Si/c1-13(9-10-14(20)16(5,6)18-19-17)11-12-21-22(7,8)15(2,3)4/h13-14,20H,9-12H2,1-8H3. The number of hydrogen-bond acceptors (Lipinski definition) is 3. The Morgan fingerprint density at radius 1 is 1.14 bits per heavy atom. The molecule has 0 aliphatic carbocycles. The van der Waals surface area contributed by atoms with Gasteiger partial charge in [-0.3, -0.25) is 0 Å². The van der Waals surface area contributed by atoms with Gasteiger partial charge < -0.3 is 9.53 Å². The highest BCUT2D eigenvalue weighted by molar-refractivity contribution is 6.74. The summed E-state index contributed by atoms with van der Waals surface area (Å²) >= 11 is 0. The van der Waals surface area contributed by atoms with Crippen molar-refractivity contribution in [3.05, 3.63) is 10.4 Å². The van der Waals surface area contributed by atoms with Crippen LogP contribution in [0.1, 0.15) is 60.8 Å². The highest BCUT2D eigenvalue weighted by atomic mass is 28.4. The quantitative estimate of drug-likeness (QED) is 0.271. The van der Waals surface area contributed by atoms with E-state index in [2.05, 4.69) is 50.8 Å². The first-order chi connectivity index (χ1) is 9.83. The Kier molecular flexibility index (Phi) is 8.13. The molecule has 0 saturated heterocycles. The lowest BCUT2D eigenvalue weighted by Gasteiger charge is -2.36. The van der Waals surface area contributed by atoms with Crippen LogP contribution in [0.5, 0.6) is 0 Å². The molecule has 0 radical (unpaired) electrons. The maximum atomic E-state index is 10.1. The smallest absolute Gasteiger partial charge is 0.191 e. The van der Waals surface area contributed by atoms with Gasteiger partial charge in [-0.05, 0) is 48.8 Å². The van der Waals surface area contributed by atoms with Crippen LogP contribution in [0.25, 0.3) is 10.4 Å². The van der Waals surface area contributed by atoms with Crippen molar-refractivity contribution in [2.45, 2.75) is 90.6 Å². The van der Waals surface area contributed by atoms with Crippen molar-refractivity contribution in [1.82, 2.24) is 0 Å². The summed E-state index contributed by atoms with van der Waals surface area (Å²) < 4.78 is 6.19. The van der Waals surface area contributed by atoms with Crippen molar-refractivity contribution in [3.8, 4) is 0 Å². The van der Waals surface area contributed by atoms with E-state index in [0.29, 0.717) is 12.3 Å². The van der Waals surface area contributed by atoms with Gasteiger partial charge in [0.25, 0.3) is 0 Å². The molecule has 2 unspecified atom stereocenters. The summed E-state index contributed by atoms with van der Waals surface area (Å²) in [5, 5.41) is 14.0. The molecule has 22 heavy (non-hydrogen) atoms. The second-order valence-corrected chi connectivity index (χ2v) is 13.2. The highest BCUT2D eigenvalue weighted by Gasteiger charge is 2.37. The third kappa shape index (κ3) is 7.14. The summed E-state index contributed by atoms with van der Waals surface area (Å²) in [4.78, 5) is 2.80. The fraction of sp³-hybridized carbons (Fsp3) is 1.00. The Bertz CT molecular complexity index is 385. The zero-order valence-electron chi connectivity index (χ0n) is 15.7. The Morgan fingerprint density at radius 3 is 2.14 bits per heavy atom. The number of nitrogens with zero attached hydrogens (tertiary/aromatic N) is 3. The average Bonchev–Trinajstić information content (AvgIpc) is 2.34. The van der Waals surface area contributed by atoms with Crippen LogP contribution in [0.4, 0.5) is 0 Å². The van der Waals surface area contributed by atoms with E-state index in [4.69, 9.17) is 9.96 Å². The molecule has 0 heterocycles. The minimum Gasteiger partial charge on any atom is -0.417 e. The minimum atomic E-state index is -1.66. The zero-order chi connectivity index (χ0) is 17.6. The minimum absolute atomic E-state index is 0.242. The van der Waals surface area contributed by atoms with Gasteiger partial charge in [-0.25, -0.2) is 0 Å². The molecule has 0 amide bonds. The number of rotatable bonds is 9. The van der Waals surface area contributed by atoms with E-state index in [-0.39, 0.29) is 5.04 Å². The first-order valence-corrected chi connectivity index (χ1v) is 11.1. The van der Waals surface area contributed by atoms with E-state index in [9.17, 15) is 5.11 Å². The topological polar surface area (TPSA) is 78.2 Å². The van der Waals surface area contributed by atoms with Crippen LogP contribution < -0.4 is 0 Å². The molecular weight excluding hydrogens is 294 g/mol. The maximum Gasteiger partial charge on any atom is 0.191 e. The van der Waals surface area contributed by atoms with Crippen molar-refractivity contribution in [2.75, 3.05) is 6.61 Å². The molecule has 0 aliphatic rings. The normalized spacial score (nSPS) is 16.0. The van der Waals surface area contributed by atoms with E-state index in [1.54, 1.807) is 13.8 Å². The zero-order valence-corrected chi connectivity index (χ0v) is 16.7. The molecule has 0 aliphatic heterocycles. The van der Waals surface area contributed by atoms with Gasteiger partial charge in [-0.2, -0.15) is 0 Å². The van der Waals surface area contributed by atoms with Gasteiger partial charge in [-0.1, -0.05) is 46.7 Å². The van der Waals surface area contributed by atoms with Crippen LogP contribution >= 0.6 is 0 Å². The van der Waals surface area contributed by atoms with Gasteiger partial charge in [0, 0.05) is 11.5 Å². The fourth-order valence-corrected chi connectivity index (χ4v) is 2.91. The van der Waals surface area contributed by atoms with Crippen molar-refractivity contribution in [3.63, 3.8) is 0 Å². The van der Waals surface area contributed by atoms with Gasteiger partial charge in [0.2, 0.25) is 0 Å². The molecule has 0 aromatic heterocycles. The number of hydrogen-bond donors (Lipinski definition) is 1. The molecule has 0 aromatic rings. The van der Waals surface area contributed by atoms with E-state index >= 15 is 0 Å². The van der Waals surface area contributed by atoms with Gasteiger partial charge in [0.15, 0.2) is 8.32 Å². The van der Waals surface area contributed by atoms with Gasteiger partial charge in [-0.15, -0.1) is 0 Å². The van der Waals surface area contributed by atoms with Crippen LogP contribution in [0.2, 0.25) is 18.1 Å². The second kappa shape index (κ2) is 8.34. The van der Waals surface area contributed by atoms with Crippen LogP contribution in [-0.2, 0) is 4.43 Å². The highest BCUT2D eigenvalue weighted by Crippen LogP contribution is 2.36. The predicted molar refractivity (Wildman–Crippen MR) is 95.4 cm³/mol. The van der Waals surface area contributed by atoms with Crippen molar-refractivity contribution >= 4 is 8.32 Å². The summed E-state index contributed by atoms with van der Waals surface area (Å²) in [6, 6.07) is 0. The third-order valence-electron chi connectivity index (χ3n) is 4.93. The van der Waals surface area contributed by atoms with Gasteiger partial charge in [0.1, 0.15) is 0 Å². The molecule has 0 fully saturated rings. The first kappa shape index (κ1) is 21.4. The van der Waals surface area contributed by atoms with Gasteiger partial charge >= 0.3 is 0 Å². The lowest BCUT2D eigenvalue weighted by molar-refractivity contribution is 0.0877. The van der Waals surface area contributed by atoms with Crippen LogP contribution in [0, 0.1) is 5.92 Å². The first-order valence-electron chi connectivity index (χ1n) is 8.22. The molecule has 2 atom stereocenters. The lowest BCUT2D eigenvalue weighted by atomic mass is 9.91. The maximum absolute atomic E-state index is 10.1. The molecule has 6 heteroatoms. The monoisotopic (exact) mass is 329 g/mol. The molecule has 130 valence electrons. The second-order valence-electron chi connectivity index (χ2n) is 8.44. The van der Waals surface area contributed by atoms with E-state index in [0.717, 1.165) is 19.4 Å². The number of aliphatic hydroxyl groups excluding tert-OH is 1. The number of azide groups is 1. The lowest BCUT2D eigenvalue weighted by Crippen LogP contribution is -2.41. The van der Waals surface area contributed by atoms with Gasteiger partial charge in [0.05, 0.1) is 11.6 Å². The van der Waals surface area contributed by atoms with Crippen molar-refractivity contribution in [2.24, 2.45) is 11.0 Å². The summed E-state index contributed by atoms with van der Waals surface area (Å²) in [5.74, 6) is 0.487. The third-order valence-corrected chi connectivity index (χ3v) is 9.47. The molecule has 0 rings (SSSR count). The average molecular weight is 330 g/mol. The summed E-state index contributed by atoms with van der Waals surface area (Å²) in [7, 11) is -1.66. The summed E-state index contributed by atoms with van der Waals surface area (Å²) in [6.07, 6.45) is 1.95. The molecule has 5 nitrogen and oxygen atoms in total. The SMILES string of the molecule is CC(CCO[Si](C)(C)C(C)(C)C)CCC(O)C(C)(C)N=[N+]=[N-]. The van der Waals surface area contributed by atoms with Crippen LogP contribution in [0.15, 0.2) is 5.11 Å². The van der Waals surface area contributed by atoms with Crippen LogP contribution in [0.3, 0.4) is 0 Å². The summed E-state index contributed by atoms with van der Waals surface area (Å²) in [6.45, 7) is 17.8. The predicted octanol–water partition coefficient (Wildman–Crippen LogP) is 5.26. The Morgan fingerprint density at radius 2 is 1.68 bits per heavy atom. The van der Waals surface area contributed by atoms with Crippen molar-refractivity contribution in [1.29, 1.82) is 0 Å². The van der Waals surface area contributed by atoms with Crippen LogP contribution in [-0.4, -0.2) is 31.7 Å². The van der Waals surface area contributed by atoms with E-state index in [1.165, 1.54) is 0 Å².